The van der Waals surface area contributed by atoms with Gasteiger partial charge in [-0.2, -0.15) is 0 Å². The van der Waals surface area contributed by atoms with Crippen LogP contribution in [0.2, 0.25) is 10.0 Å². The van der Waals surface area contributed by atoms with E-state index in [1.807, 2.05) is 18.0 Å². The van der Waals surface area contributed by atoms with Crippen molar-refractivity contribution in [2.45, 2.75) is 69.1 Å². The number of halogens is 2. The van der Waals surface area contributed by atoms with Gasteiger partial charge in [0.25, 0.3) is 0 Å². The van der Waals surface area contributed by atoms with Gasteiger partial charge in [0.05, 0.1) is 28.1 Å². The van der Waals surface area contributed by atoms with Crippen molar-refractivity contribution in [3.05, 3.63) is 33.8 Å². The Hall–Kier alpha value is -0.810. The lowest BCUT2D eigenvalue weighted by Crippen LogP contribution is -2.64. The highest BCUT2D eigenvalue weighted by Crippen LogP contribution is 2.44. The van der Waals surface area contributed by atoms with Crippen molar-refractivity contribution in [3.63, 3.8) is 0 Å². The van der Waals surface area contributed by atoms with Crippen LogP contribution >= 0.6 is 23.2 Å². The van der Waals surface area contributed by atoms with Gasteiger partial charge in [0.15, 0.2) is 0 Å². The third-order valence-corrected chi connectivity index (χ3v) is 7.64. The Morgan fingerprint density at radius 1 is 1.18 bits per heavy atom. The Bertz CT molecular complexity index is 714. The van der Waals surface area contributed by atoms with Crippen LogP contribution in [-0.2, 0) is 16.0 Å². The molecular weight excluding hydrogens is 395 g/mol. The van der Waals surface area contributed by atoms with Crippen molar-refractivity contribution in [1.29, 1.82) is 0 Å². The Morgan fingerprint density at radius 2 is 1.93 bits per heavy atom. The topological polar surface area (TPSA) is 32.8 Å². The van der Waals surface area contributed by atoms with Gasteiger partial charge in [0, 0.05) is 19.7 Å². The lowest BCUT2D eigenvalue weighted by Gasteiger charge is -2.51. The molecule has 4 nitrogen and oxygen atoms in total. The molecule has 1 amide bonds. The number of carbonyl (C=O) groups is 1. The lowest BCUT2D eigenvalue weighted by molar-refractivity contribution is -0.150. The zero-order chi connectivity index (χ0) is 19.7. The predicted molar refractivity (Wildman–Crippen MR) is 113 cm³/mol. The summed E-state index contributed by atoms with van der Waals surface area (Å²) in [6.07, 6.45) is 8.42. The van der Waals surface area contributed by atoms with Crippen LogP contribution in [0, 0.1) is 0 Å². The summed E-state index contributed by atoms with van der Waals surface area (Å²) in [7, 11) is 1.97. The smallest absolute Gasteiger partial charge is 0.227 e. The maximum absolute atomic E-state index is 13.3. The normalized spacial score (nSPS) is 30.8. The van der Waals surface area contributed by atoms with Gasteiger partial charge >= 0.3 is 0 Å². The van der Waals surface area contributed by atoms with Crippen LogP contribution in [-0.4, -0.2) is 60.1 Å². The fraction of sp³-hybridized carbons (Fsp3) is 0.682. The molecule has 1 aromatic rings. The molecule has 6 heteroatoms. The summed E-state index contributed by atoms with van der Waals surface area (Å²) >= 11 is 12.2. The first-order valence-corrected chi connectivity index (χ1v) is 11.3. The van der Waals surface area contributed by atoms with E-state index in [0.717, 1.165) is 50.9 Å². The van der Waals surface area contributed by atoms with Crippen molar-refractivity contribution in [2.75, 3.05) is 26.7 Å². The third kappa shape index (κ3) is 3.94. The Labute approximate surface area is 178 Å². The molecule has 28 heavy (non-hydrogen) atoms. The molecule has 0 aromatic heterocycles. The van der Waals surface area contributed by atoms with E-state index in [4.69, 9.17) is 27.9 Å². The van der Waals surface area contributed by atoms with Crippen LogP contribution in [0.15, 0.2) is 18.2 Å². The quantitative estimate of drug-likeness (QED) is 0.709. The predicted octanol–water partition coefficient (Wildman–Crippen LogP) is 4.56. The summed E-state index contributed by atoms with van der Waals surface area (Å²) in [4.78, 5) is 17.9. The van der Waals surface area contributed by atoms with Gasteiger partial charge in [0.1, 0.15) is 0 Å². The minimum absolute atomic E-state index is 0.122. The minimum Gasteiger partial charge on any atom is -0.373 e. The van der Waals surface area contributed by atoms with Crippen molar-refractivity contribution >= 4 is 29.1 Å². The molecule has 1 aromatic carbocycles. The molecule has 0 radical (unpaired) electrons. The molecule has 3 aliphatic rings. The molecule has 2 saturated heterocycles. The average Bonchev–Trinajstić information content (AvgIpc) is 3.37. The number of carbonyl (C=O) groups excluding carboxylic acids is 1. The molecule has 1 saturated carbocycles. The Balaban J connectivity index is 1.57. The first kappa shape index (κ1) is 20.5. The molecule has 154 valence electrons. The van der Waals surface area contributed by atoms with E-state index in [9.17, 15) is 4.79 Å². The van der Waals surface area contributed by atoms with Crippen molar-refractivity contribution in [2.24, 2.45) is 0 Å². The zero-order valence-electron chi connectivity index (χ0n) is 16.6. The fourth-order valence-corrected chi connectivity index (χ4v) is 5.91. The molecule has 4 rings (SSSR count). The van der Waals surface area contributed by atoms with Gasteiger partial charge in [-0.15, -0.1) is 0 Å². The van der Waals surface area contributed by atoms with E-state index in [1.54, 1.807) is 12.1 Å². The Kier molecular flexibility index (Phi) is 6.22. The number of amides is 1. The van der Waals surface area contributed by atoms with E-state index < -0.39 is 0 Å². The second-order valence-electron chi connectivity index (χ2n) is 8.59. The van der Waals surface area contributed by atoms with E-state index >= 15 is 0 Å². The van der Waals surface area contributed by atoms with Crippen LogP contribution in [0.25, 0.3) is 0 Å². The first-order chi connectivity index (χ1) is 13.5. The van der Waals surface area contributed by atoms with Gasteiger partial charge in [0.2, 0.25) is 5.91 Å². The minimum atomic E-state index is -0.173. The van der Waals surface area contributed by atoms with Crippen LogP contribution in [0.5, 0.6) is 0 Å². The first-order valence-electron chi connectivity index (χ1n) is 10.6. The number of rotatable bonds is 4. The average molecular weight is 425 g/mol. The molecule has 1 spiro atoms. The number of ether oxygens (including phenoxy) is 1. The summed E-state index contributed by atoms with van der Waals surface area (Å²) < 4.78 is 6.38. The van der Waals surface area contributed by atoms with Gasteiger partial charge in [-0.3, -0.25) is 9.69 Å². The van der Waals surface area contributed by atoms with Gasteiger partial charge in [-0.1, -0.05) is 29.3 Å². The second-order valence-corrected chi connectivity index (χ2v) is 9.41. The van der Waals surface area contributed by atoms with E-state index in [2.05, 4.69) is 4.90 Å². The number of nitrogens with zero attached hydrogens (tertiary/aromatic N) is 2. The lowest BCUT2D eigenvalue weighted by atomic mass is 9.74. The van der Waals surface area contributed by atoms with Crippen LogP contribution in [0.3, 0.4) is 0 Å². The van der Waals surface area contributed by atoms with E-state index in [1.165, 1.54) is 19.3 Å². The molecule has 3 unspecified atom stereocenters. The van der Waals surface area contributed by atoms with Crippen LogP contribution in [0.1, 0.15) is 50.5 Å². The van der Waals surface area contributed by atoms with Gasteiger partial charge in [-0.05, 0) is 75.7 Å². The number of benzene rings is 1. The van der Waals surface area contributed by atoms with Crippen LogP contribution in [0.4, 0.5) is 0 Å². The fourth-order valence-electron chi connectivity index (χ4n) is 5.59. The highest BCUT2D eigenvalue weighted by atomic mass is 35.5. The molecule has 3 fully saturated rings. The largest absolute Gasteiger partial charge is 0.373 e. The molecule has 3 atom stereocenters. The zero-order valence-corrected chi connectivity index (χ0v) is 18.1. The maximum atomic E-state index is 13.3. The summed E-state index contributed by atoms with van der Waals surface area (Å²) in [5, 5.41) is 1.02. The highest BCUT2D eigenvalue weighted by molar-refractivity contribution is 6.42. The highest BCUT2D eigenvalue weighted by Gasteiger charge is 2.52. The van der Waals surface area contributed by atoms with Gasteiger partial charge < -0.3 is 9.64 Å². The third-order valence-electron chi connectivity index (χ3n) is 6.90. The molecular formula is C22H30Cl2N2O2. The number of likely N-dealkylation sites (N-methyl/N-ethyl adjacent to an activating group) is 1. The number of hydrogen-bond donors (Lipinski definition) is 0. The van der Waals surface area contributed by atoms with Crippen molar-refractivity contribution in [1.82, 2.24) is 9.80 Å². The van der Waals surface area contributed by atoms with Gasteiger partial charge in [-0.25, -0.2) is 0 Å². The molecule has 2 heterocycles. The van der Waals surface area contributed by atoms with Crippen LogP contribution < -0.4 is 0 Å². The monoisotopic (exact) mass is 424 g/mol. The second kappa shape index (κ2) is 8.51. The maximum Gasteiger partial charge on any atom is 0.227 e. The summed E-state index contributed by atoms with van der Waals surface area (Å²) in [5.74, 6) is 0.129. The summed E-state index contributed by atoms with van der Waals surface area (Å²) in [6.45, 7) is 3.11. The summed E-state index contributed by atoms with van der Waals surface area (Å²) in [5.41, 5.74) is 0.731. The molecule has 1 aliphatic carbocycles. The van der Waals surface area contributed by atoms with Crippen molar-refractivity contribution in [3.8, 4) is 0 Å². The Morgan fingerprint density at radius 3 is 2.61 bits per heavy atom. The molecule has 2 aliphatic heterocycles. The molecule has 0 N–H and O–H groups in total. The van der Waals surface area contributed by atoms with E-state index in [0.29, 0.717) is 22.5 Å². The molecule has 0 bridgehead atoms. The summed E-state index contributed by atoms with van der Waals surface area (Å²) in [6, 6.07) is 5.98. The van der Waals surface area contributed by atoms with E-state index in [-0.39, 0.29) is 17.6 Å². The van der Waals surface area contributed by atoms with Crippen molar-refractivity contribution < 1.29 is 9.53 Å². The number of hydrogen-bond acceptors (Lipinski definition) is 3. The SMILES string of the molecule is CN(C(=O)Cc1ccc(Cl)c(Cl)c1)C1C(N2CCCC2)CCCC12CCCO2. The standard InChI is InChI=1S/C22H30Cl2N2O2/c1-25(20(27)15-16-7-8-17(23)18(24)14-16)21-19(26-11-2-3-12-26)6-4-9-22(21)10-5-13-28-22/h7-8,14,19,21H,2-6,9-13,15H2,1H3. The number of likely N-dealkylation sites (tertiary alicyclic amines) is 1.